The molecule has 0 atom stereocenters. The summed E-state index contributed by atoms with van der Waals surface area (Å²) in [5.74, 6) is -5.18. The number of rotatable bonds is 3. The minimum absolute atomic E-state index is 0.0761. The summed E-state index contributed by atoms with van der Waals surface area (Å²) in [5, 5.41) is 8.58. The van der Waals surface area contributed by atoms with E-state index in [1.807, 2.05) is 0 Å². The molecule has 18 heavy (non-hydrogen) atoms. The normalized spacial score (nSPS) is 11.7. The number of halogens is 3. The summed E-state index contributed by atoms with van der Waals surface area (Å²) in [6, 6.07) is 0. The molecule has 0 aliphatic rings. The number of hydrogen-bond donors (Lipinski definition) is 1. The zero-order valence-electron chi connectivity index (χ0n) is 10.7. The predicted molar refractivity (Wildman–Crippen MR) is 65.6 cm³/mol. The lowest BCUT2D eigenvalue weighted by atomic mass is 10.0. The van der Waals surface area contributed by atoms with Crippen molar-refractivity contribution in [1.82, 2.24) is 0 Å². The summed E-state index contributed by atoms with van der Waals surface area (Å²) in [4.78, 5) is 11.0. The Balaban J connectivity index is 3.84. The Bertz CT molecular complexity index is 507. The third-order valence-electron chi connectivity index (χ3n) is 2.74. The molecule has 0 aliphatic heterocycles. The summed E-state index contributed by atoms with van der Waals surface area (Å²) in [6.45, 7) is 6.35. The van der Waals surface area contributed by atoms with Crippen LogP contribution < -0.4 is 5.19 Å². The van der Waals surface area contributed by atoms with Crippen molar-refractivity contribution in [3.63, 3.8) is 0 Å². The minimum atomic E-state index is -2.52. The predicted octanol–water partition coefficient (Wildman–Crippen LogP) is 2.91. The molecule has 6 heteroatoms. The van der Waals surface area contributed by atoms with Crippen LogP contribution >= 0.6 is 0 Å². The molecule has 0 fully saturated rings. The van der Waals surface area contributed by atoms with Crippen molar-refractivity contribution in [2.75, 3.05) is 0 Å². The van der Waals surface area contributed by atoms with Crippen molar-refractivity contribution in [1.29, 1.82) is 0 Å². The smallest absolute Gasteiger partial charge is 0.339 e. The Morgan fingerprint density at radius 3 is 1.94 bits per heavy atom. The number of carbonyl (C=O) groups is 1. The van der Waals surface area contributed by atoms with E-state index in [4.69, 9.17) is 5.11 Å². The second kappa shape index (κ2) is 4.76. The fraction of sp³-hybridized carbons (Fsp3) is 0.417. The number of hydrogen-bond acceptors (Lipinski definition) is 1. The highest BCUT2D eigenvalue weighted by Gasteiger charge is 2.33. The summed E-state index contributed by atoms with van der Waals surface area (Å²) in [6.07, 6.45) is -0.0761. The first kappa shape index (κ1) is 14.8. The molecular weight excluding hydrogens is 261 g/mol. The fourth-order valence-electron chi connectivity index (χ4n) is 1.92. The molecule has 0 aromatic heterocycles. The van der Waals surface area contributed by atoms with Gasteiger partial charge in [0.05, 0.1) is 8.07 Å². The Kier molecular flexibility index (Phi) is 3.90. The molecule has 0 radical (unpaired) electrons. The number of carboxylic acid groups (broad SMARTS) is 1. The molecule has 0 unspecified atom stereocenters. The molecule has 100 valence electrons. The second-order valence-electron chi connectivity index (χ2n) is 5.08. The first-order valence-electron chi connectivity index (χ1n) is 5.56. The molecule has 1 rings (SSSR count). The maximum absolute atomic E-state index is 14.2. The second-order valence-corrected chi connectivity index (χ2v) is 10.1. The van der Waals surface area contributed by atoms with Crippen LogP contribution in [0.25, 0.3) is 0 Å². The van der Waals surface area contributed by atoms with Crippen molar-refractivity contribution in [2.45, 2.75) is 33.0 Å². The molecule has 0 spiro atoms. The zero-order chi connectivity index (χ0) is 14.2. The van der Waals surface area contributed by atoms with Crippen LogP contribution in [0.5, 0.6) is 0 Å². The van der Waals surface area contributed by atoms with Gasteiger partial charge in [-0.3, -0.25) is 0 Å². The van der Waals surface area contributed by atoms with Gasteiger partial charge in [0.2, 0.25) is 0 Å². The average Bonchev–Trinajstić information content (AvgIpc) is 2.20. The van der Waals surface area contributed by atoms with E-state index in [1.165, 1.54) is 6.92 Å². The van der Waals surface area contributed by atoms with Crippen molar-refractivity contribution < 1.29 is 23.1 Å². The summed E-state index contributed by atoms with van der Waals surface area (Å²) in [5.41, 5.74) is -1.16. The van der Waals surface area contributed by atoms with Crippen molar-refractivity contribution >= 4 is 19.2 Å². The Hall–Kier alpha value is -1.30. The lowest BCUT2D eigenvalue weighted by Gasteiger charge is -2.21. The quantitative estimate of drug-likeness (QED) is 0.681. The summed E-state index contributed by atoms with van der Waals surface area (Å²) in [7, 11) is -2.52. The molecule has 0 aliphatic carbocycles. The number of aromatic carboxylic acids is 1. The summed E-state index contributed by atoms with van der Waals surface area (Å²) < 4.78 is 41.8. The third kappa shape index (κ3) is 2.29. The molecule has 0 amide bonds. The highest BCUT2D eigenvalue weighted by atomic mass is 28.3. The SMILES string of the molecule is CCc1c(F)c(F)c([Si](C)(C)C)c(F)c1C(=O)O. The zero-order valence-corrected chi connectivity index (χ0v) is 11.7. The van der Waals surface area contributed by atoms with Crippen LogP contribution in [0.2, 0.25) is 19.6 Å². The Morgan fingerprint density at radius 1 is 1.11 bits per heavy atom. The lowest BCUT2D eigenvalue weighted by molar-refractivity contribution is 0.0690. The van der Waals surface area contributed by atoms with Gasteiger partial charge in [0.15, 0.2) is 11.6 Å². The highest BCUT2D eigenvalue weighted by Crippen LogP contribution is 2.22. The minimum Gasteiger partial charge on any atom is -0.478 e. The van der Waals surface area contributed by atoms with Crippen molar-refractivity contribution in [3.05, 3.63) is 28.6 Å². The number of benzene rings is 1. The molecule has 0 bridgehead atoms. The van der Waals surface area contributed by atoms with Crippen LogP contribution in [0, 0.1) is 17.5 Å². The van der Waals surface area contributed by atoms with Gasteiger partial charge < -0.3 is 5.11 Å². The van der Waals surface area contributed by atoms with E-state index in [0.29, 0.717) is 0 Å². The van der Waals surface area contributed by atoms with Crippen LogP contribution in [-0.2, 0) is 6.42 Å². The highest BCUT2D eigenvalue weighted by molar-refractivity contribution is 6.88. The van der Waals surface area contributed by atoms with Crippen LogP contribution in [0.4, 0.5) is 13.2 Å². The molecule has 1 N–H and O–H groups in total. The molecule has 1 aromatic carbocycles. The van der Waals surface area contributed by atoms with Gasteiger partial charge >= 0.3 is 5.97 Å². The van der Waals surface area contributed by atoms with E-state index in [2.05, 4.69) is 0 Å². The third-order valence-corrected chi connectivity index (χ3v) is 4.67. The molecule has 0 saturated heterocycles. The standard InChI is InChI=1S/C12H15F3O2Si/c1-5-6-7(12(16)17)9(14)11(18(2,3)4)10(15)8(6)13/h5H2,1-4H3,(H,16,17). The van der Waals surface area contributed by atoms with Gasteiger partial charge in [0.25, 0.3) is 0 Å². The Morgan fingerprint density at radius 2 is 1.61 bits per heavy atom. The first-order chi connectivity index (χ1) is 8.12. The molecule has 0 saturated carbocycles. The van der Waals surface area contributed by atoms with Crippen molar-refractivity contribution in [2.24, 2.45) is 0 Å². The Labute approximate surface area is 104 Å². The van der Waals surface area contributed by atoms with Gasteiger partial charge in [0, 0.05) is 10.8 Å². The van der Waals surface area contributed by atoms with Crippen LogP contribution in [0.3, 0.4) is 0 Å². The maximum Gasteiger partial charge on any atom is 0.339 e. The van der Waals surface area contributed by atoms with Crippen molar-refractivity contribution in [3.8, 4) is 0 Å². The molecular formula is C12H15F3O2Si. The molecule has 2 nitrogen and oxygen atoms in total. The van der Waals surface area contributed by atoms with E-state index >= 15 is 0 Å². The molecule has 0 heterocycles. The first-order valence-corrected chi connectivity index (χ1v) is 9.06. The van der Waals surface area contributed by atoms with Crippen LogP contribution in [0.15, 0.2) is 0 Å². The van der Waals surface area contributed by atoms with Gasteiger partial charge in [-0.2, -0.15) is 0 Å². The number of carboxylic acids is 1. The van der Waals surface area contributed by atoms with Gasteiger partial charge in [-0.1, -0.05) is 26.6 Å². The van der Waals surface area contributed by atoms with E-state index < -0.39 is 47.8 Å². The topological polar surface area (TPSA) is 37.3 Å². The van der Waals surface area contributed by atoms with Crippen LogP contribution in [0.1, 0.15) is 22.8 Å². The summed E-state index contributed by atoms with van der Waals surface area (Å²) >= 11 is 0. The van der Waals surface area contributed by atoms with E-state index in [1.54, 1.807) is 19.6 Å². The van der Waals surface area contributed by atoms with Crippen LogP contribution in [-0.4, -0.2) is 19.1 Å². The van der Waals surface area contributed by atoms with E-state index in [-0.39, 0.29) is 6.42 Å². The van der Waals surface area contributed by atoms with E-state index in [0.717, 1.165) is 0 Å². The van der Waals surface area contributed by atoms with Gasteiger partial charge in [-0.15, -0.1) is 0 Å². The van der Waals surface area contributed by atoms with Gasteiger partial charge in [0.1, 0.15) is 11.4 Å². The van der Waals surface area contributed by atoms with Gasteiger partial charge in [-0.05, 0) is 6.42 Å². The monoisotopic (exact) mass is 276 g/mol. The maximum atomic E-state index is 14.2. The van der Waals surface area contributed by atoms with E-state index in [9.17, 15) is 18.0 Å². The lowest BCUT2D eigenvalue weighted by Crippen LogP contribution is -2.44. The molecule has 1 aromatic rings. The van der Waals surface area contributed by atoms with Gasteiger partial charge in [-0.25, -0.2) is 18.0 Å². The fourth-order valence-corrected chi connectivity index (χ4v) is 3.47. The largest absolute Gasteiger partial charge is 0.478 e. The average molecular weight is 276 g/mol.